The Morgan fingerprint density at radius 1 is 1.00 bits per heavy atom. The van der Waals surface area contributed by atoms with E-state index in [1.165, 1.54) is 4.90 Å². The van der Waals surface area contributed by atoms with Gasteiger partial charge in [-0.1, -0.05) is 24.3 Å². The van der Waals surface area contributed by atoms with Crippen LogP contribution in [0.15, 0.2) is 73.2 Å². The van der Waals surface area contributed by atoms with Gasteiger partial charge in [0.05, 0.1) is 18.2 Å². The van der Waals surface area contributed by atoms with Crippen LogP contribution >= 0.6 is 0 Å². The van der Waals surface area contributed by atoms with Crippen molar-refractivity contribution in [3.8, 4) is 22.5 Å². The smallest absolute Gasteiger partial charge is 0.270 e. The molecular formula is C29H26F2N8O. The molecule has 202 valence electrons. The van der Waals surface area contributed by atoms with Crippen LogP contribution in [0.1, 0.15) is 16.9 Å². The van der Waals surface area contributed by atoms with Crippen LogP contribution in [0.3, 0.4) is 0 Å². The van der Waals surface area contributed by atoms with Gasteiger partial charge in [-0.3, -0.25) is 9.89 Å². The van der Waals surface area contributed by atoms with Crippen molar-refractivity contribution in [1.82, 2.24) is 35.4 Å². The third-order valence-electron chi connectivity index (χ3n) is 7.93. The van der Waals surface area contributed by atoms with Gasteiger partial charge in [-0.15, -0.1) is 0 Å². The monoisotopic (exact) mass is 540 g/mol. The average Bonchev–Trinajstić information content (AvgIpc) is 3.62. The van der Waals surface area contributed by atoms with E-state index in [4.69, 9.17) is 0 Å². The van der Waals surface area contributed by atoms with Crippen molar-refractivity contribution < 1.29 is 13.6 Å². The Labute approximate surface area is 228 Å². The largest absolute Gasteiger partial charge is 0.351 e. The van der Waals surface area contributed by atoms with Crippen LogP contribution in [-0.2, 0) is 0 Å². The third-order valence-corrected chi connectivity index (χ3v) is 7.93. The Morgan fingerprint density at radius 3 is 2.60 bits per heavy atom. The molecule has 5 aromatic rings. The molecule has 1 amide bonds. The molecule has 4 N–H and O–H groups in total. The van der Waals surface area contributed by atoms with Crippen LogP contribution < -0.4 is 10.6 Å². The Balaban J connectivity index is 1.07. The van der Waals surface area contributed by atoms with E-state index in [0.717, 1.165) is 33.3 Å². The number of carbonyl (C=O) groups excluding carboxylic acids is 1. The molecule has 2 saturated heterocycles. The van der Waals surface area contributed by atoms with Gasteiger partial charge in [0.2, 0.25) is 0 Å². The first-order chi connectivity index (χ1) is 19.4. The van der Waals surface area contributed by atoms with Gasteiger partial charge >= 0.3 is 0 Å². The van der Waals surface area contributed by atoms with Crippen molar-refractivity contribution in [1.29, 1.82) is 0 Å². The zero-order valence-electron chi connectivity index (χ0n) is 21.4. The minimum absolute atomic E-state index is 0.0703. The highest BCUT2D eigenvalue weighted by molar-refractivity contribution is 5.99. The molecule has 40 heavy (non-hydrogen) atoms. The molecule has 0 aliphatic carbocycles. The van der Waals surface area contributed by atoms with Crippen molar-refractivity contribution in [3.63, 3.8) is 0 Å². The number of benzene rings is 2. The van der Waals surface area contributed by atoms with Crippen LogP contribution in [0.5, 0.6) is 0 Å². The van der Waals surface area contributed by atoms with E-state index in [1.807, 2.05) is 48.7 Å². The second-order valence-corrected chi connectivity index (χ2v) is 10.5. The molecule has 11 heteroatoms. The van der Waals surface area contributed by atoms with Crippen molar-refractivity contribution in [2.75, 3.05) is 31.5 Å². The number of hydrogen-bond acceptors (Lipinski definition) is 6. The molecule has 2 aromatic carbocycles. The summed E-state index contributed by atoms with van der Waals surface area (Å²) in [5, 5.41) is 13.7. The number of H-pyrrole nitrogens is 2. The molecule has 5 heterocycles. The van der Waals surface area contributed by atoms with Crippen molar-refractivity contribution in [2.24, 2.45) is 5.41 Å². The first-order valence-corrected chi connectivity index (χ1v) is 13.1. The lowest BCUT2D eigenvalue weighted by Crippen LogP contribution is -2.70. The van der Waals surface area contributed by atoms with Crippen molar-refractivity contribution in [2.45, 2.75) is 12.3 Å². The first kappa shape index (κ1) is 24.4. The van der Waals surface area contributed by atoms with Crippen molar-refractivity contribution >= 4 is 28.3 Å². The van der Waals surface area contributed by atoms with E-state index in [0.29, 0.717) is 30.3 Å². The Hall–Kier alpha value is -4.64. The third kappa shape index (κ3) is 4.19. The fourth-order valence-electron chi connectivity index (χ4n) is 5.58. The number of nitrogens with zero attached hydrogens (tertiary/aromatic N) is 4. The summed E-state index contributed by atoms with van der Waals surface area (Å²) in [5.41, 5.74) is 3.75. The Kier molecular flexibility index (Phi) is 5.63. The number of halogens is 2. The summed E-state index contributed by atoms with van der Waals surface area (Å²) in [6, 6.07) is 17.2. The van der Waals surface area contributed by atoms with Gasteiger partial charge in [0.15, 0.2) is 5.82 Å². The summed E-state index contributed by atoms with van der Waals surface area (Å²) in [7, 11) is 0. The number of aromatic nitrogens is 5. The summed E-state index contributed by atoms with van der Waals surface area (Å²) in [4.78, 5) is 26.9. The summed E-state index contributed by atoms with van der Waals surface area (Å²) in [5.74, 6) is -1.91. The van der Waals surface area contributed by atoms with E-state index >= 15 is 0 Å². The second-order valence-electron chi connectivity index (χ2n) is 10.5. The minimum atomic E-state index is -2.81. The van der Waals surface area contributed by atoms with E-state index in [1.54, 1.807) is 24.5 Å². The van der Waals surface area contributed by atoms with Gasteiger partial charge in [0, 0.05) is 53.2 Å². The lowest BCUT2D eigenvalue weighted by Gasteiger charge is -2.55. The van der Waals surface area contributed by atoms with Crippen LogP contribution in [0.25, 0.3) is 33.4 Å². The number of fused-ring (bicyclic) bond motifs is 1. The van der Waals surface area contributed by atoms with Gasteiger partial charge in [0.25, 0.3) is 11.8 Å². The molecular weight excluding hydrogens is 514 g/mol. The molecule has 0 bridgehead atoms. The van der Waals surface area contributed by atoms with Crippen LogP contribution in [0.4, 0.5) is 20.3 Å². The number of alkyl halides is 2. The number of rotatable bonds is 5. The molecule has 2 fully saturated rings. The van der Waals surface area contributed by atoms with E-state index in [9.17, 15) is 13.6 Å². The zero-order chi connectivity index (χ0) is 27.3. The van der Waals surface area contributed by atoms with Gasteiger partial charge < -0.3 is 20.5 Å². The summed E-state index contributed by atoms with van der Waals surface area (Å²) >= 11 is 0. The SMILES string of the molecule is O=C(c1cc2ccc(-c3nccc(Nc4ccc(-c5cn[nH]c5)cc4)n3)cc2[nH]1)N1CC2(CCNCC2(F)F)C1. The number of anilines is 2. The van der Waals surface area contributed by atoms with Gasteiger partial charge in [0.1, 0.15) is 11.5 Å². The molecule has 2 aliphatic rings. The molecule has 0 unspecified atom stereocenters. The highest BCUT2D eigenvalue weighted by atomic mass is 19.3. The molecule has 0 saturated carbocycles. The fourth-order valence-corrected chi connectivity index (χ4v) is 5.58. The Bertz CT molecular complexity index is 1690. The fraction of sp³-hybridized carbons (Fsp3) is 0.241. The van der Waals surface area contributed by atoms with E-state index in [-0.39, 0.29) is 25.5 Å². The lowest BCUT2D eigenvalue weighted by molar-refractivity contribution is -0.192. The second kappa shape index (κ2) is 9.23. The Morgan fingerprint density at radius 2 is 1.82 bits per heavy atom. The minimum Gasteiger partial charge on any atom is -0.351 e. The molecule has 7 rings (SSSR count). The molecule has 2 aliphatic heterocycles. The summed E-state index contributed by atoms with van der Waals surface area (Å²) in [6.07, 6.45) is 5.67. The predicted molar refractivity (Wildman–Crippen MR) is 147 cm³/mol. The van der Waals surface area contributed by atoms with Gasteiger partial charge in [-0.05, 0) is 48.9 Å². The topological polar surface area (TPSA) is 115 Å². The van der Waals surface area contributed by atoms with Crippen LogP contribution in [0, 0.1) is 5.41 Å². The quantitative estimate of drug-likeness (QED) is 0.254. The maximum absolute atomic E-state index is 14.5. The molecule has 0 atom stereocenters. The van der Waals surface area contributed by atoms with Crippen LogP contribution in [0.2, 0.25) is 0 Å². The van der Waals surface area contributed by atoms with Gasteiger partial charge in [-0.2, -0.15) is 5.10 Å². The molecule has 9 nitrogen and oxygen atoms in total. The maximum atomic E-state index is 14.5. The standard InChI is InChI=1S/C29H26F2N8O/c30-29(31)15-32-10-8-28(29)16-39(17-28)27(40)24-11-19-1-2-20(12-23(19)37-24)26-33-9-7-25(38-26)36-22-5-3-18(4-6-22)21-13-34-35-14-21/h1-7,9,11-14,32,37H,8,10,15-17H2,(H,34,35)(H,33,36,38). The number of carbonyl (C=O) groups is 1. The maximum Gasteiger partial charge on any atom is 0.270 e. The summed E-state index contributed by atoms with van der Waals surface area (Å²) < 4.78 is 29.0. The number of piperidine rings is 1. The molecule has 3 aromatic heterocycles. The van der Waals surface area contributed by atoms with Gasteiger partial charge in [-0.25, -0.2) is 18.7 Å². The number of amides is 1. The predicted octanol–water partition coefficient (Wildman–Crippen LogP) is 4.83. The number of aromatic amines is 2. The number of nitrogens with one attached hydrogen (secondary N) is 4. The normalized spacial score (nSPS) is 17.6. The van der Waals surface area contributed by atoms with E-state index < -0.39 is 11.3 Å². The molecule has 1 spiro atoms. The number of hydrogen-bond donors (Lipinski definition) is 4. The first-order valence-electron chi connectivity index (χ1n) is 13.1. The average molecular weight is 541 g/mol. The van der Waals surface area contributed by atoms with Crippen LogP contribution in [-0.4, -0.2) is 68.1 Å². The van der Waals surface area contributed by atoms with Crippen molar-refractivity contribution in [3.05, 3.63) is 78.9 Å². The zero-order valence-corrected chi connectivity index (χ0v) is 21.4. The summed E-state index contributed by atoms with van der Waals surface area (Å²) in [6.45, 7) is 0.354. The lowest BCUT2D eigenvalue weighted by atomic mass is 9.69. The van der Waals surface area contributed by atoms with E-state index in [2.05, 4.69) is 35.8 Å². The molecule has 0 radical (unpaired) electrons. The highest BCUT2D eigenvalue weighted by Crippen LogP contribution is 2.48. The highest BCUT2D eigenvalue weighted by Gasteiger charge is 2.62. The number of likely N-dealkylation sites (tertiary alicyclic amines) is 1.